The van der Waals surface area contributed by atoms with Crippen LogP contribution in [0.2, 0.25) is 0 Å². The molecule has 0 spiro atoms. The zero-order valence-corrected chi connectivity index (χ0v) is 8.99. The molecule has 0 bridgehead atoms. The van der Waals surface area contributed by atoms with E-state index in [-0.39, 0.29) is 0 Å². The van der Waals surface area contributed by atoms with Gasteiger partial charge in [-0.25, -0.2) is 4.79 Å². The molecule has 0 saturated carbocycles. The van der Waals surface area contributed by atoms with Crippen molar-refractivity contribution in [1.82, 2.24) is 0 Å². The number of hydrogen-bond acceptors (Lipinski definition) is 1. The lowest BCUT2D eigenvalue weighted by Gasteiger charge is -2.04. The molecule has 1 aromatic rings. The molecule has 80 valence electrons. The van der Waals surface area contributed by atoms with Crippen molar-refractivity contribution in [3.05, 3.63) is 34.9 Å². The highest BCUT2D eigenvalue weighted by molar-refractivity contribution is 5.88. The molecule has 2 rings (SSSR count). The maximum absolute atomic E-state index is 10.8. The van der Waals surface area contributed by atoms with Crippen molar-refractivity contribution in [1.29, 1.82) is 0 Å². The summed E-state index contributed by atoms with van der Waals surface area (Å²) in [5.41, 5.74) is 3.01. The summed E-state index contributed by atoms with van der Waals surface area (Å²) in [5.74, 6) is -0.0919. The van der Waals surface area contributed by atoms with E-state index >= 15 is 0 Å². The third-order valence-corrected chi connectivity index (χ3v) is 3.17. The molecule has 2 nitrogen and oxygen atoms in total. The molecular weight excluding hydrogens is 188 g/mol. The van der Waals surface area contributed by atoms with Crippen molar-refractivity contribution in [2.24, 2.45) is 5.92 Å². The third-order valence-electron chi connectivity index (χ3n) is 3.17. The second-order valence-corrected chi connectivity index (χ2v) is 4.35. The van der Waals surface area contributed by atoms with E-state index < -0.39 is 5.97 Å². The molecule has 0 amide bonds. The van der Waals surface area contributed by atoms with Crippen molar-refractivity contribution < 1.29 is 9.90 Å². The highest BCUT2D eigenvalue weighted by Gasteiger charge is 2.21. The van der Waals surface area contributed by atoms with Crippen molar-refractivity contribution in [2.75, 3.05) is 0 Å². The van der Waals surface area contributed by atoms with Gasteiger partial charge in [-0.1, -0.05) is 25.8 Å². The number of aromatic carboxylic acids is 1. The van der Waals surface area contributed by atoms with Gasteiger partial charge in [0.2, 0.25) is 0 Å². The van der Waals surface area contributed by atoms with Gasteiger partial charge in [0.1, 0.15) is 0 Å². The molecule has 1 atom stereocenters. The number of fused-ring (bicyclic) bond motifs is 1. The summed E-state index contributed by atoms with van der Waals surface area (Å²) < 4.78 is 0. The quantitative estimate of drug-likeness (QED) is 0.822. The van der Waals surface area contributed by atoms with Crippen LogP contribution in [0.1, 0.15) is 41.3 Å². The molecule has 0 aliphatic heterocycles. The molecule has 0 fully saturated rings. The van der Waals surface area contributed by atoms with Gasteiger partial charge in [0.05, 0.1) is 5.56 Å². The van der Waals surface area contributed by atoms with Crippen LogP contribution in [0.5, 0.6) is 0 Å². The average Bonchev–Trinajstić information content (AvgIpc) is 2.59. The third kappa shape index (κ3) is 2.04. The second kappa shape index (κ2) is 4.05. The van der Waals surface area contributed by atoms with Crippen LogP contribution >= 0.6 is 0 Å². The Morgan fingerprint density at radius 1 is 1.40 bits per heavy atom. The van der Waals surface area contributed by atoms with Gasteiger partial charge >= 0.3 is 5.97 Å². The Labute approximate surface area is 89.9 Å². The maximum Gasteiger partial charge on any atom is 0.335 e. The number of carboxylic acid groups (broad SMARTS) is 1. The van der Waals surface area contributed by atoms with E-state index in [4.69, 9.17) is 5.11 Å². The van der Waals surface area contributed by atoms with Gasteiger partial charge in [0.25, 0.3) is 0 Å². The largest absolute Gasteiger partial charge is 0.478 e. The van der Waals surface area contributed by atoms with Gasteiger partial charge < -0.3 is 5.11 Å². The van der Waals surface area contributed by atoms with Crippen molar-refractivity contribution >= 4 is 5.97 Å². The molecule has 1 unspecified atom stereocenters. The topological polar surface area (TPSA) is 37.3 Å². The SMILES string of the molecule is CCCC1Cc2ccc(C(=O)O)cc2C1. The van der Waals surface area contributed by atoms with Crippen LogP contribution in [-0.4, -0.2) is 11.1 Å². The molecule has 0 aromatic heterocycles. The van der Waals surface area contributed by atoms with E-state index in [9.17, 15) is 4.79 Å². The molecular formula is C13H16O2. The minimum absolute atomic E-state index is 0.422. The summed E-state index contributed by atoms with van der Waals surface area (Å²) in [5, 5.41) is 8.89. The van der Waals surface area contributed by atoms with Crippen molar-refractivity contribution in [3.63, 3.8) is 0 Å². The standard InChI is InChI=1S/C13H16O2/c1-2-3-9-6-10-4-5-11(13(14)15)8-12(10)7-9/h4-5,8-9H,2-3,6-7H2,1H3,(H,14,15). The van der Waals surface area contributed by atoms with E-state index in [1.807, 2.05) is 12.1 Å². The van der Waals surface area contributed by atoms with Gasteiger partial charge in [0.15, 0.2) is 0 Å². The van der Waals surface area contributed by atoms with Crippen LogP contribution in [0.4, 0.5) is 0 Å². The second-order valence-electron chi connectivity index (χ2n) is 4.35. The van der Waals surface area contributed by atoms with Crippen LogP contribution < -0.4 is 0 Å². The van der Waals surface area contributed by atoms with Gasteiger partial charge in [-0.15, -0.1) is 0 Å². The Morgan fingerprint density at radius 2 is 2.13 bits per heavy atom. The Balaban J connectivity index is 2.20. The van der Waals surface area contributed by atoms with E-state index in [0.29, 0.717) is 5.56 Å². The normalized spacial score (nSPS) is 18.9. The molecule has 0 radical (unpaired) electrons. The van der Waals surface area contributed by atoms with Gasteiger partial charge in [-0.2, -0.15) is 0 Å². The smallest absolute Gasteiger partial charge is 0.335 e. The lowest BCUT2D eigenvalue weighted by atomic mass is 10.0. The zero-order valence-electron chi connectivity index (χ0n) is 8.99. The Bertz CT molecular complexity index is 382. The Morgan fingerprint density at radius 3 is 2.80 bits per heavy atom. The highest BCUT2D eigenvalue weighted by atomic mass is 16.4. The van der Waals surface area contributed by atoms with Gasteiger partial charge in [-0.05, 0) is 42.0 Å². The molecule has 2 heteroatoms. The first-order valence-corrected chi connectivity index (χ1v) is 5.55. The first-order valence-electron chi connectivity index (χ1n) is 5.55. The molecule has 1 aliphatic carbocycles. The summed E-state index contributed by atoms with van der Waals surface area (Å²) in [6.07, 6.45) is 4.65. The summed E-state index contributed by atoms with van der Waals surface area (Å²) in [7, 11) is 0. The fourth-order valence-corrected chi connectivity index (χ4v) is 2.45. The van der Waals surface area contributed by atoms with E-state index in [1.54, 1.807) is 6.07 Å². The van der Waals surface area contributed by atoms with E-state index in [1.165, 1.54) is 24.0 Å². The van der Waals surface area contributed by atoms with Crippen LogP contribution in [-0.2, 0) is 12.8 Å². The lowest BCUT2D eigenvalue weighted by molar-refractivity contribution is 0.0697. The van der Waals surface area contributed by atoms with Crippen LogP contribution in [0, 0.1) is 5.92 Å². The Hall–Kier alpha value is -1.31. The first kappa shape index (κ1) is 10.2. The van der Waals surface area contributed by atoms with E-state index in [2.05, 4.69) is 6.92 Å². The summed E-state index contributed by atoms with van der Waals surface area (Å²) in [6.45, 7) is 2.20. The molecule has 0 heterocycles. The van der Waals surface area contributed by atoms with Crippen LogP contribution in [0.25, 0.3) is 0 Å². The number of carboxylic acids is 1. The summed E-state index contributed by atoms with van der Waals surface area (Å²) in [6, 6.07) is 5.54. The van der Waals surface area contributed by atoms with Crippen LogP contribution in [0.3, 0.4) is 0 Å². The summed E-state index contributed by atoms with van der Waals surface area (Å²) >= 11 is 0. The number of rotatable bonds is 3. The maximum atomic E-state index is 10.8. The number of benzene rings is 1. The lowest BCUT2D eigenvalue weighted by Crippen LogP contribution is -1.98. The monoisotopic (exact) mass is 204 g/mol. The minimum Gasteiger partial charge on any atom is -0.478 e. The van der Waals surface area contributed by atoms with Crippen LogP contribution in [0.15, 0.2) is 18.2 Å². The fourth-order valence-electron chi connectivity index (χ4n) is 2.45. The molecule has 1 N–H and O–H groups in total. The average molecular weight is 204 g/mol. The fraction of sp³-hybridized carbons (Fsp3) is 0.462. The van der Waals surface area contributed by atoms with Gasteiger partial charge in [0, 0.05) is 0 Å². The molecule has 15 heavy (non-hydrogen) atoms. The molecule has 1 aromatic carbocycles. The predicted octanol–water partition coefficient (Wildman–Crippen LogP) is 2.90. The predicted molar refractivity (Wildman–Crippen MR) is 59.2 cm³/mol. The van der Waals surface area contributed by atoms with Gasteiger partial charge in [-0.3, -0.25) is 0 Å². The minimum atomic E-state index is -0.822. The van der Waals surface area contributed by atoms with Crippen molar-refractivity contribution in [2.45, 2.75) is 32.6 Å². The molecule has 0 saturated heterocycles. The number of carbonyl (C=O) groups is 1. The van der Waals surface area contributed by atoms with E-state index in [0.717, 1.165) is 18.8 Å². The van der Waals surface area contributed by atoms with Crippen molar-refractivity contribution in [3.8, 4) is 0 Å². The first-order chi connectivity index (χ1) is 7.20. The Kier molecular flexibility index (Phi) is 2.76. The molecule has 1 aliphatic rings. The number of hydrogen-bond donors (Lipinski definition) is 1. The summed E-state index contributed by atoms with van der Waals surface area (Å²) in [4.78, 5) is 10.8. The highest BCUT2D eigenvalue weighted by Crippen LogP contribution is 2.30. The zero-order chi connectivity index (χ0) is 10.8.